The molecule has 0 saturated heterocycles. The molecule has 0 bridgehead atoms. The van der Waals surface area contributed by atoms with E-state index >= 15 is 0 Å². The van der Waals surface area contributed by atoms with E-state index in [4.69, 9.17) is 4.42 Å². The number of benzene rings is 1. The van der Waals surface area contributed by atoms with Crippen molar-refractivity contribution in [2.75, 3.05) is 7.05 Å². The smallest absolute Gasteiger partial charge is 0.227 e. The first kappa shape index (κ1) is 15.9. The summed E-state index contributed by atoms with van der Waals surface area (Å²) in [6.45, 7) is 8.90. The van der Waals surface area contributed by atoms with Gasteiger partial charge in [0.1, 0.15) is 5.58 Å². The van der Waals surface area contributed by atoms with E-state index < -0.39 is 0 Å². The Balaban J connectivity index is 2.06. The van der Waals surface area contributed by atoms with Crippen molar-refractivity contribution in [2.24, 2.45) is 5.92 Å². The molecule has 128 valence electrons. The maximum atomic E-state index is 6.24. The highest BCUT2D eigenvalue weighted by Gasteiger charge is 2.35. The minimum atomic E-state index is -0.258. The van der Waals surface area contributed by atoms with Gasteiger partial charge in [-0.2, -0.15) is 0 Å². The summed E-state index contributed by atoms with van der Waals surface area (Å²) in [5, 5.41) is 2.21. The second-order valence-corrected chi connectivity index (χ2v) is 7.47. The zero-order valence-electron chi connectivity index (χ0n) is 15.5. The summed E-state index contributed by atoms with van der Waals surface area (Å²) >= 11 is 0. The number of nitrogens with zero attached hydrogens (tertiary/aromatic N) is 2. The normalized spacial score (nSPS) is 20.7. The van der Waals surface area contributed by atoms with Gasteiger partial charge in [-0.1, -0.05) is 32.1 Å². The summed E-state index contributed by atoms with van der Waals surface area (Å²) in [5.74, 6) is 0.487. The summed E-state index contributed by atoms with van der Waals surface area (Å²) < 4.78 is 6.24. The van der Waals surface area contributed by atoms with E-state index in [-0.39, 0.29) is 5.54 Å². The molecule has 0 aliphatic carbocycles. The van der Waals surface area contributed by atoms with Crippen LogP contribution in [-0.2, 0) is 5.54 Å². The minimum Gasteiger partial charge on any atom is -0.437 e. The molecule has 1 unspecified atom stereocenters. The highest BCUT2D eigenvalue weighted by molar-refractivity contribution is 6.05. The maximum absolute atomic E-state index is 6.24. The van der Waals surface area contributed by atoms with Crippen LogP contribution in [-0.4, -0.2) is 16.9 Å². The van der Waals surface area contributed by atoms with Gasteiger partial charge in [-0.05, 0) is 49.1 Å². The van der Waals surface area contributed by atoms with Crippen molar-refractivity contribution < 1.29 is 4.42 Å². The van der Waals surface area contributed by atoms with Crippen molar-refractivity contribution >= 4 is 22.1 Å². The molecule has 1 atom stereocenters. The molecule has 0 amide bonds. The maximum Gasteiger partial charge on any atom is 0.227 e. The zero-order chi connectivity index (χ0) is 17.8. The fourth-order valence-electron chi connectivity index (χ4n) is 3.84. The van der Waals surface area contributed by atoms with E-state index in [1.54, 1.807) is 6.20 Å². The monoisotopic (exact) mass is 332 g/mol. The van der Waals surface area contributed by atoms with E-state index in [1.165, 1.54) is 16.7 Å². The number of furan rings is 1. The Morgan fingerprint density at radius 3 is 2.72 bits per heavy atom. The fraction of sp³-hybridized carbons (Fsp3) is 0.318. The van der Waals surface area contributed by atoms with Gasteiger partial charge < -0.3 is 9.32 Å². The minimum absolute atomic E-state index is 0.258. The third-order valence-electron chi connectivity index (χ3n) is 5.47. The third kappa shape index (κ3) is 2.30. The molecule has 1 aromatic carbocycles. The van der Waals surface area contributed by atoms with Gasteiger partial charge in [0, 0.05) is 35.8 Å². The van der Waals surface area contributed by atoms with E-state index in [2.05, 4.69) is 81.2 Å². The quantitative estimate of drug-likeness (QED) is 0.616. The van der Waals surface area contributed by atoms with Crippen LogP contribution in [0.3, 0.4) is 0 Å². The molecule has 0 radical (unpaired) electrons. The molecular formula is C22H24N2O. The number of aryl methyl sites for hydroxylation is 1. The van der Waals surface area contributed by atoms with E-state index in [9.17, 15) is 0 Å². The first-order valence-electron chi connectivity index (χ1n) is 8.83. The lowest BCUT2D eigenvalue weighted by Gasteiger charge is -2.40. The lowest BCUT2D eigenvalue weighted by Crippen LogP contribution is -2.39. The van der Waals surface area contributed by atoms with Crippen LogP contribution >= 0.6 is 0 Å². The van der Waals surface area contributed by atoms with Crippen molar-refractivity contribution in [3.63, 3.8) is 0 Å². The van der Waals surface area contributed by atoms with Gasteiger partial charge in [0.2, 0.25) is 5.71 Å². The Morgan fingerprint density at radius 1 is 1.16 bits per heavy atom. The molecule has 4 rings (SSSR count). The van der Waals surface area contributed by atoms with Gasteiger partial charge in [-0.15, -0.1) is 0 Å². The van der Waals surface area contributed by atoms with Gasteiger partial charge in [-0.3, -0.25) is 0 Å². The predicted molar refractivity (Wildman–Crippen MR) is 103 cm³/mol. The van der Waals surface area contributed by atoms with Crippen molar-refractivity contribution in [3.05, 3.63) is 65.5 Å². The van der Waals surface area contributed by atoms with Gasteiger partial charge in [0.15, 0.2) is 0 Å². The first-order valence-corrected chi connectivity index (χ1v) is 8.83. The number of fused-ring (bicyclic) bond motifs is 3. The molecule has 0 fully saturated rings. The zero-order valence-corrected chi connectivity index (χ0v) is 15.5. The van der Waals surface area contributed by atoms with Crippen molar-refractivity contribution in [1.82, 2.24) is 9.88 Å². The lowest BCUT2D eigenvalue weighted by molar-refractivity contribution is 0.257. The van der Waals surface area contributed by atoms with Crippen LogP contribution in [0.4, 0.5) is 0 Å². The number of hydrogen-bond acceptors (Lipinski definition) is 3. The van der Waals surface area contributed by atoms with E-state index in [1.807, 2.05) is 6.07 Å². The van der Waals surface area contributed by atoms with Crippen LogP contribution in [0.2, 0.25) is 0 Å². The predicted octanol–water partition coefficient (Wildman–Crippen LogP) is 5.55. The van der Waals surface area contributed by atoms with Crippen molar-refractivity contribution in [1.29, 1.82) is 0 Å². The molecule has 3 heteroatoms. The molecule has 1 aliphatic heterocycles. The average molecular weight is 332 g/mol. The molecule has 3 nitrogen and oxygen atoms in total. The summed E-state index contributed by atoms with van der Waals surface area (Å²) in [6.07, 6.45) is 8.54. The Bertz CT molecular complexity index is 1030. The molecule has 0 N–H and O–H groups in total. The fourth-order valence-corrected chi connectivity index (χ4v) is 3.84. The molecule has 1 aliphatic rings. The topological polar surface area (TPSA) is 29.3 Å². The molecule has 0 spiro atoms. The molecule has 3 aromatic rings. The number of rotatable bonds is 2. The highest BCUT2D eigenvalue weighted by Crippen LogP contribution is 2.42. The van der Waals surface area contributed by atoms with Gasteiger partial charge in [-0.25, -0.2) is 4.98 Å². The third-order valence-corrected chi connectivity index (χ3v) is 5.47. The molecule has 3 heterocycles. The second-order valence-electron chi connectivity index (χ2n) is 7.47. The SMILES string of the molecule is Cc1ccc2c(oc3ncccc32)c1C1(C)C=C(C(C)C)C=CN1C. The van der Waals surface area contributed by atoms with Crippen LogP contribution in [0, 0.1) is 12.8 Å². The Kier molecular flexibility index (Phi) is 3.50. The first-order chi connectivity index (χ1) is 11.9. The number of hydrogen-bond donors (Lipinski definition) is 0. The lowest BCUT2D eigenvalue weighted by atomic mass is 9.81. The summed E-state index contributed by atoms with van der Waals surface area (Å²) in [5.41, 5.74) is 5.19. The van der Waals surface area contributed by atoms with Gasteiger partial charge in [0.05, 0.1) is 5.54 Å². The Hall–Kier alpha value is -2.55. The van der Waals surface area contributed by atoms with Gasteiger partial charge in [0.25, 0.3) is 0 Å². The number of pyridine rings is 1. The highest BCUT2D eigenvalue weighted by atomic mass is 16.3. The van der Waals surface area contributed by atoms with Crippen LogP contribution in [0.1, 0.15) is 31.9 Å². The second kappa shape index (κ2) is 5.48. The van der Waals surface area contributed by atoms with E-state index in [0.29, 0.717) is 11.6 Å². The van der Waals surface area contributed by atoms with Crippen LogP contribution in [0.15, 0.2) is 58.8 Å². The molecule has 0 saturated carbocycles. The van der Waals surface area contributed by atoms with Gasteiger partial charge >= 0.3 is 0 Å². The van der Waals surface area contributed by atoms with Crippen LogP contribution in [0.5, 0.6) is 0 Å². The number of aromatic nitrogens is 1. The Labute approximate surface area is 148 Å². The van der Waals surface area contributed by atoms with Crippen LogP contribution in [0.25, 0.3) is 22.1 Å². The standard InChI is InChI=1S/C22H24N2O/c1-14(2)16-10-12-24(5)22(4,13-16)19-15(3)8-9-17-18-7-6-11-23-21(18)25-20(17)19/h6-14H,1-5H3. The molecule has 25 heavy (non-hydrogen) atoms. The summed E-state index contributed by atoms with van der Waals surface area (Å²) in [7, 11) is 2.13. The average Bonchev–Trinajstić information content (AvgIpc) is 2.95. The van der Waals surface area contributed by atoms with Crippen LogP contribution < -0.4 is 0 Å². The molecular weight excluding hydrogens is 308 g/mol. The Morgan fingerprint density at radius 2 is 1.96 bits per heavy atom. The summed E-state index contributed by atoms with van der Waals surface area (Å²) in [6, 6.07) is 8.39. The molecule has 2 aromatic heterocycles. The van der Waals surface area contributed by atoms with Crippen molar-refractivity contribution in [2.45, 2.75) is 33.2 Å². The van der Waals surface area contributed by atoms with Crippen molar-refractivity contribution in [3.8, 4) is 0 Å². The number of allylic oxidation sites excluding steroid dienone is 2. The van der Waals surface area contributed by atoms with E-state index in [0.717, 1.165) is 16.4 Å². The largest absolute Gasteiger partial charge is 0.437 e. The summed E-state index contributed by atoms with van der Waals surface area (Å²) in [4.78, 5) is 6.67. The number of likely N-dealkylation sites (N-methyl/N-ethyl adjacent to an activating group) is 1.